The fraction of sp³-hybridized carbons (Fsp3) is 0.909. The van der Waals surface area contributed by atoms with Gasteiger partial charge in [-0.1, -0.05) is 0 Å². The van der Waals surface area contributed by atoms with Crippen LogP contribution in [0.2, 0.25) is 0 Å². The van der Waals surface area contributed by atoms with Crippen molar-refractivity contribution in [2.75, 3.05) is 33.9 Å². The lowest BCUT2D eigenvalue weighted by Crippen LogP contribution is -2.37. The molecule has 4 heteroatoms. The molecule has 0 N–H and O–H groups in total. The van der Waals surface area contributed by atoms with Gasteiger partial charge in [-0.3, -0.25) is 0 Å². The highest BCUT2D eigenvalue weighted by atomic mass is 16.7. The minimum atomic E-state index is -0.0648. The standard InChI is InChI=1S/C7H13NO.C4H10O2/c9-7-2-1-4-8-5-3-6-8;1-4(5-2)6-3/h7H,1-6H2;4H,1-3H3. The van der Waals surface area contributed by atoms with Gasteiger partial charge in [0.2, 0.25) is 0 Å². The highest BCUT2D eigenvalue weighted by Gasteiger charge is 2.11. The lowest BCUT2D eigenvalue weighted by Gasteiger charge is -2.30. The van der Waals surface area contributed by atoms with Crippen LogP contribution in [-0.4, -0.2) is 51.3 Å². The summed E-state index contributed by atoms with van der Waals surface area (Å²) in [5, 5.41) is 0. The molecular formula is C11H23NO3. The highest BCUT2D eigenvalue weighted by Crippen LogP contribution is 2.05. The number of ether oxygens (including phenoxy) is 2. The molecule has 1 rings (SSSR count). The molecule has 0 aliphatic carbocycles. The number of aldehydes is 1. The van der Waals surface area contributed by atoms with Crippen molar-refractivity contribution in [2.45, 2.75) is 32.5 Å². The fourth-order valence-electron chi connectivity index (χ4n) is 1.10. The van der Waals surface area contributed by atoms with Crippen molar-refractivity contribution < 1.29 is 14.3 Å². The molecule has 0 aromatic rings. The van der Waals surface area contributed by atoms with E-state index in [0.717, 1.165) is 25.7 Å². The predicted octanol–water partition coefficient (Wildman–Crippen LogP) is 1.30. The molecule has 90 valence electrons. The Kier molecular flexibility index (Phi) is 9.78. The third kappa shape index (κ3) is 8.54. The largest absolute Gasteiger partial charge is 0.356 e. The molecule has 0 aromatic carbocycles. The van der Waals surface area contributed by atoms with Crippen LogP contribution in [0.5, 0.6) is 0 Å². The number of carbonyl (C=O) groups is 1. The third-order valence-electron chi connectivity index (χ3n) is 2.41. The van der Waals surface area contributed by atoms with Crippen LogP contribution in [0.3, 0.4) is 0 Å². The quantitative estimate of drug-likeness (QED) is 0.382. The van der Waals surface area contributed by atoms with Crippen molar-refractivity contribution in [3.8, 4) is 0 Å². The van der Waals surface area contributed by atoms with E-state index in [1.165, 1.54) is 19.5 Å². The van der Waals surface area contributed by atoms with E-state index in [4.69, 9.17) is 0 Å². The second kappa shape index (κ2) is 10.1. The summed E-state index contributed by atoms with van der Waals surface area (Å²) < 4.78 is 9.35. The lowest BCUT2D eigenvalue weighted by molar-refractivity contribution is -0.108. The Balaban J connectivity index is 0.000000288. The minimum Gasteiger partial charge on any atom is -0.356 e. The van der Waals surface area contributed by atoms with Crippen molar-refractivity contribution in [2.24, 2.45) is 0 Å². The Labute approximate surface area is 92.5 Å². The molecule has 1 heterocycles. The average molecular weight is 217 g/mol. The SMILES string of the molecule is COC(C)OC.O=CCCCN1CCC1. The van der Waals surface area contributed by atoms with E-state index in [2.05, 4.69) is 14.4 Å². The van der Waals surface area contributed by atoms with Crippen molar-refractivity contribution in [3.05, 3.63) is 0 Å². The zero-order chi connectivity index (χ0) is 11.5. The molecule has 0 radical (unpaired) electrons. The molecule has 4 nitrogen and oxygen atoms in total. The van der Waals surface area contributed by atoms with E-state index < -0.39 is 0 Å². The minimum absolute atomic E-state index is 0.0648. The average Bonchev–Trinajstić information content (AvgIpc) is 2.21. The summed E-state index contributed by atoms with van der Waals surface area (Å²) in [7, 11) is 3.21. The summed E-state index contributed by atoms with van der Waals surface area (Å²) in [6, 6.07) is 0. The summed E-state index contributed by atoms with van der Waals surface area (Å²) >= 11 is 0. The zero-order valence-corrected chi connectivity index (χ0v) is 10.1. The van der Waals surface area contributed by atoms with Gasteiger partial charge in [0.1, 0.15) is 6.29 Å². The van der Waals surface area contributed by atoms with Gasteiger partial charge in [-0.2, -0.15) is 0 Å². The Hall–Kier alpha value is -0.450. The predicted molar refractivity (Wildman–Crippen MR) is 59.8 cm³/mol. The zero-order valence-electron chi connectivity index (χ0n) is 10.1. The molecule has 1 aliphatic heterocycles. The molecule has 1 aliphatic rings. The molecule has 0 spiro atoms. The molecule has 0 atom stereocenters. The lowest BCUT2D eigenvalue weighted by atomic mass is 10.2. The van der Waals surface area contributed by atoms with Gasteiger partial charge in [0.05, 0.1) is 0 Å². The van der Waals surface area contributed by atoms with Crippen molar-refractivity contribution in [1.82, 2.24) is 4.90 Å². The maximum absolute atomic E-state index is 9.87. The number of carbonyl (C=O) groups excluding carboxylic acids is 1. The number of rotatable bonds is 6. The normalized spacial score (nSPS) is 15.5. The first-order valence-corrected chi connectivity index (χ1v) is 5.46. The second-order valence-electron chi connectivity index (χ2n) is 3.54. The summed E-state index contributed by atoms with van der Waals surface area (Å²) in [4.78, 5) is 12.3. The number of unbranched alkanes of at least 4 members (excludes halogenated alkanes) is 1. The maximum atomic E-state index is 9.87. The monoisotopic (exact) mass is 217 g/mol. The van der Waals surface area contributed by atoms with E-state index in [-0.39, 0.29) is 6.29 Å². The van der Waals surface area contributed by atoms with Gasteiger partial charge in [-0.25, -0.2) is 0 Å². The van der Waals surface area contributed by atoms with Gasteiger partial charge in [0.15, 0.2) is 6.29 Å². The third-order valence-corrected chi connectivity index (χ3v) is 2.41. The number of hydrogen-bond acceptors (Lipinski definition) is 4. The molecular weight excluding hydrogens is 194 g/mol. The number of hydrogen-bond donors (Lipinski definition) is 0. The Morgan fingerprint density at radius 3 is 2.20 bits per heavy atom. The van der Waals surface area contributed by atoms with E-state index in [9.17, 15) is 4.79 Å². The number of nitrogens with zero attached hydrogens (tertiary/aromatic N) is 1. The topological polar surface area (TPSA) is 38.8 Å². The highest BCUT2D eigenvalue weighted by molar-refractivity contribution is 5.48. The van der Waals surface area contributed by atoms with Crippen LogP contribution in [0.15, 0.2) is 0 Å². The Morgan fingerprint density at radius 2 is 1.93 bits per heavy atom. The van der Waals surface area contributed by atoms with E-state index in [1.54, 1.807) is 14.2 Å². The smallest absolute Gasteiger partial charge is 0.154 e. The summed E-state index contributed by atoms with van der Waals surface area (Å²) in [6.45, 7) is 5.45. The first-order valence-electron chi connectivity index (χ1n) is 5.46. The van der Waals surface area contributed by atoms with E-state index >= 15 is 0 Å². The summed E-state index contributed by atoms with van der Waals surface area (Å²) in [5.41, 5.74) is 0. The van der Waals surface area contributed by atoms with Crippen LogP contribution in [0.25, 0.3) is 0 Å². The fourth-order valence-corrected chi connectivity index (χ4v) is 1.10. The molecule has 1 fully saturated rings. The molecule has 0 unspecified atom stereocenters. The summed E-state index contributed by atoms with van der Waals surface area (Å²) in [5.74, 6) is 0. The maximum Gasteiger partial charge on any atom is 0.154 e. The first kappa shape index (κ1) is 14.6. The van der Waals surface area contributed by atoms with Crippen LogP contribution in [0, 0.1) is 0 Å². The van der Waals surface area contributed by atoms with Crippen molar-refractivity contribution >= 4 is 6.29 Å². The molecule has 0 saturated carbocycles. The van der Waals surface area contributed by atoms with Crippen LogP contribution in [-0.2, 0) is 14.3 Å². The van der Waals surface area contributed by atoms with Crippen LogP contribution < -0.4 is 0 Å². The Morgan fingerprint density at radius 1 is 1.33 bits per heavy atom. The van der Waals surface area contributed by atoms with Gasteiger partial charge in [0, 0.05) is 20.6 Å². The van der Waals surface area contributed by atoms with Gasteiger partial charge in [0.25, 0.3) is 0 Å². The van der Waals surface area contributed by atoms with Crippen LogP contribution >= 0.6 is 0 Å². The van der Waals surface area contributed by atoms with Crippen molar-refractivity contribution in [3.63, 3.8) is 0 Å². The molecule has 0 bridgehead atoms. The van der Waals surface area contributed by atoms with Crippen molar-refractivity contribution in [1.29, 1.82) is 0 Å². The van der Waals surface area contributed by atoms with Gasteiger partial charge >= 0.3 is 0 Å². The van der Waals surface area contributed by atoms with Crippen LogP contribution in [0.4, 0.5) is 0 Å². The van der Waals surface area contributed by atoms with Gasteiger partial charge < -0.3 is 19.2 Å². The number of methoxy groups -OCH3 is 2. The first-order chi connectivity index (χ1) is 7.24. The summed E-state index contributed by atoms with van der Waals surface area (Å²) in [6.07, 6.45) is 4.06. The second-order valence-corrected chi connectivity index (χ2v) is 3.54. The molecule has 1 saturated heterocycles. The number of likely N-dealkylation sites (tertiary alicyclic amines) is 1. The van der Waals surface area contributed by atoms with E-state index in [1.807, 2.05) is 6.92 Å². The molecule has 0 amide bonds. The Bertz CT molecular complexity index is 145. The molecule has 0 aromatic heterocycles. The van der Waals surface area contributed by atoms with Gasteiger partial charge in [-0.05, 0) is 39.4 Å². The van der Waals surface area contributed by atoms with E-state index in [0.29, 0.717) is 0 Å². The van der Waals surface area contributed by atoms with Crippen LogP contribution in [0.1, 0.15) is 26.2 Å². The van der Waals surface area contributed by atoms with Gasteiger partial charge in [-0.15, -0.1) is 0 Å². The molecule has 15 heavy (non-hydrogen) atoms.